The zero-order valence-corrected chi connectivity index (χ0v) is 18.9. The Bertz CT molecular complexity index is 1050. The molecule has 0 saturated heterocycles. The van der Waals surface area contributed by atoms with Crippen molar-refractivity contribution in [1.82, 2.24) is 4.90 Å². The van der Waals surface area contributed by atoms with Crippen molar-refractivity contribution in [2.75, 3.05) is 18.5 Å². The number of hydrogen-bond donors (Lipinski definition) is 1. The highest BCUT2D eigenvalue weighted by Gasteiger charge is 2.44. The third kappa shape index (κ3) is 4.28. The Morgan fingerprint density at radius 3 is 2.12 bits per heavy atom. The van der Waals surface area contributed by atoms with Crippen LogP contribution < -0.4 is 14.8 Å². The SMILES string of the molecule is CCC(C)N1C(=O)c2ccccc2NC1(C)c1ccc(OCCOc2ccccc2)cc1. The molecule has 0 radical (unpaired) electrons. The molecule has 0 bridgehead atoms. The lowest BCUT2D eigenvalue weighted by Gasteiger charge is -2.49. The average molecular weight is 431 g/mol. The average Bonchev–Trinajstić information content (AvgIpc) is 2.82. The monoisotopic (exact) mass is 430 g/mol. The quantitative estimate of drug-likeness (QED) is 0.467. The summed E-state index contributed by atoms with van der Waals surface area (Å²) >= 11 is 0. The van der Waals surface area contributed by atoms with Gasteiger partial charge in [-0.3, -0.25) is 4.79 Å². The van der Waals surface area contributed by atoms with Crippen LogP contribution in [0.15, 0.2) is 78.9 Å². The van der Waals surface area contributed by atoms with Crippen LogP contribution in [0.4, 0.5) is 5.69 Å². The van der Waals surface area contributed by atoms with Crippen molar-refractivity contribution in [3.05, 3.63) is 90.0 Å². The van der Waals surface area contributed by atoms with E-state index < -0.39 is 5.66 Å². The third-order valence-electron chi connectivity index (χ3n) is 6.05. The van der Waals surface area contributed by atoms with E-state index in [9.17, 15) is 4.79 Å². The summed E-state index contributed by atoms with van der Waals surface area (Å²) in [6.45, 7) is 7.19. The fraction of sp³-hybridized carbons (Fsp3) is 0.296. The summed E-state index contributed by atoms with van der Waals surface area (Å²) in [6.07, 6.45) is 0.869. The van der Waals surface area contributed by atoms with E-state index in [-0.39, 0.29) is 11.9 Å². The molecule has 3 aromatic rings. The first kappa shape index (κ1) is 21.8. The van der Waals surface area contributed by atoms with E-state index in [1.807, 2.05) is 83.8 Å². The van der Waals surface area contributed by atoms with Gasteiger partial charge in [0.25, 0.3) is 5.91 Å². The van der Waals surface area contributed by atoms with Gasteiger partial charge in [0.1, 0.15) is 30.4 Å². The Kier molecular flexibility index (Phi) is 6.35. The summed E-state index contributed by atoms with van der Waals surface area (Å²) in [5.74, 6) is 1.65. The molecule has 0 aromatic heterocycles. The molecule has 166 valence electrons. The fourth-order valence-corrected chi connectivity index (χ4v) is 4.18. The summed E-state index contributed by atoms with van der Waals surface area (Å²) in [5.41, 5.74) is 1.92. The molecule has 0 spiro atoms. The van der Waals surface area contributed by atoms with Crippen LogP contribution >= 0.6 is 0 Å². The van der Waals surface area contributed by atoms with E-state index in [0.29, 0.717) is 18.8 Å². The highest BCUT2D eigenvalue weighted by molar-refractivity contribution is 6.02. The number of amides is 1. The Morgan fingerprint density at radius 2 is 1.47 bits per heavy atom. The Balaban J connectivity index is 1.49. The number of benzene rings is 3. The van der Waals surface area contributed by atoms with Crippen molar-refractivity contribution in [1.29, 1.82) is 0 Å². The standard InChI is InChI=1S/C27H30N2O3/c1-4-20(2)29-26(30)24-12-8-9-13-25(24)28-27(29,3)21-14-16-23(17-15-21)32-19-18-31-22-10-6-5-7-11-22/h5-17,20,28H,4,18-19H2,1-3H3. The molecule has 1 N–H and O–H groups in total. The Labute approximate surface area is 190 Å². The van der Waals surface area contributed by atoms with E-state index in [2.05, 4.69) is 26.1 Å². The van der Waals surface area contributed by atoms with Crippen LogP contribution in [-0.4, -0.2) is 30.1 Å². The number of nitrogens with one attached hydrogen (secondary N) is 1. The molecular weight excluding hydrogens is 400 g/mol. The summed E-state index contributed by atoms with van der Waals surface area (Å²) in [6, 6.07) is 25.4. The molecule has 1 aliphatic heterocycles. The molecule has 1 aliphatic rings. The summed E-state index contributed by atoms with van der Waals surface area (Å²) < 4.78 is 11.5. The lowest BCUT2D eigenvalue weighted by molar-refractivity contribution is 0.0399. The van der Waals surface area contributed by atoms with Gasteiger partial charge in [-0.15, -0.1) is 0 Å². The minimum absolute atomic E-state index is 0.0505. The zero-order valence-electron chi connectivity index (χ0n) is 18.9. The van der Waals surface area contributed by atoms with Gasteiger partial charge in [-0.1, -0.05) is 49.4 Å². The largest absolute Gasteiger partial charge is 0.490 e. The molecule has 0 aliphatic carbocycles. The minimum atomic E-state index is -0.657. The van der Waals surface area contributed by atoms with Crippen LogP contribution in [0.1, 0.15) is 43.1 Å². The Hall–Kier alpha value is -3.47. The first-order valence-electron chi connectivity index (χ1n) is 11.1. The van der Waals surface area contributed by atoms with E-state index in [1.165, 1.54) is 0 Å². The van der Waals surface area contributed by atoms with Crippen molar-refractivity contribution in [2.45, 2.75) is 38.9 Å². The van der Waals surface area contributed by atoms with E-state index in [4.69, 9.17) is 9.47 Å². The highest BCUT2D eigenvalue weighted by atomic mass is 16.5. The van der Waals surface area contributed by atoms with Crippen LogP contribution in [0.2, 0.25) is 0 Å². The van der Waals surface area contributed by atoms with Gasteiger partial charge in [0.2, 0.25) is 0 Å². The van der Waals surface area contributed by atoms with E-state index in [0.717, 1.165) is 29.2 Å². The van der Waals surface area contributed by atoms with E-state index in [1.54, 1.807) is 0 Å². The number of hydrogen-bond acceptors (Lipinski definition) is 4. The predicted octanol–water partition coefficient (Wildman–Crippen LogP) is 5.68. The molecule has 2 atom stereocenters. The predicted molar refractivity (Wildman–Crippen MR) is 127 cm³/mol. The van der Waals surface area contributed by atoms with Crippen LogP contribution in [-0.2, 0) is 5.66 Å². The number of anilines is 1. The second-order valence-electron chi connectivity index (χ2n) is 8.21. The molecule has 5 nitrogen and oxygen atoms in total. The first-order chi connectivity index (χ1) is 15.5. The van der Waals surface area contributed by atoms with Crippen LogP contribution in [0.5, 0.6) is 11.5 Å². The van der Waals surface area contributed by atoms with Crippen molar-refractivity contribution in [3.8, 4) is 11.5 Å². The van der Waals surface area contributed by atoms with Gasteiger partial charge in [-0.05, 0) is 62.2 Å². The normalized spacial score (nSPS) is 18.5. The maximum Gasteiger partial charge on any atom is 0.258 e. The number of rotatable bonds is 8. The van der Waals surface area contributed by atoms with Crippen LogP contribution in [0.25, 0.3) is 0 Å². The molecule has 3 aromatic carbocycles. The number of carbonyl (C=O) groups excluding carboxylic acids is 1. The maximum absolute atomic E-state index is 13.4. The number of nitrogens with zero attached hydrogens (tertiary/aromatic N) is 1. The van der Waals surface area contributed by atoms with Crippen molar-refractivity contribution >= 4 is 11.6 Å². The second-order valence-corrected chi connectivity index (χ2v) is 8.21. The molecule has 2 unspecified atom stereocenters. The number of para-hydroxylation sites is 2. The van der Waals surface area contributed by atoms with Gasteiger partial charge in [0.15, 0.2) is 0 Å². The van der Waals surface area contributed by atoms with Crippen LogP contribution in [0, 0.1) is 0 Å². The van der Waals surface area contributed by atoms with Gasteiger partial charge < -0.3 is 19.7 Å². The van der Waals surface area contributed by atoms with Crippen molar-refractivity contribution in [2.24, 2.45) is 0 Å². The number of ether oxygens (including phenoxy) is 2. The number of carbonyl (C=O) groups is 1. The van der Waals surface area contributed by atoms with Gasteiger partial charge in [-0.25, -0.2) is 0 Å². The number of fused-ring (bicyclic) bond motifs is 1. The molecule has 4 rings (SSSR count). The first-order valence-corrected chi connectivity index (χ1v) is 11.1. The maximum atomic E-state index is 13.4. The summed E-state index contributed by atoms with van der Waals surface area (Å²) in [7, 11) is 0. The molecule has 32 heavy (non-hydrogen) atoms. The molecule has 5 heteroatoms. The summed E-state index contributed by atoms with van der Waals surface area (Å²) in [4.78, 5) is 15.4. The molecule has 1 amide bonds. The lowest BCUT2D eigenvalue weighted by atomic mass is 9.91. The fourth-order valence-electron chi connectivity index (χ4n) is 4.18. The lowest BCUT2D eigenvalue weighted by Crippen LogP contribution is -2.58. The molecular formula is C27H30N2O3. The second kappa shape index (κ2) is 9.35. The van der Waals surface area contributed by atoms with Gasteiger partial charge in [-0.2, -0.15) is 0 Å². The van der Waals surface area contributed by atoms with E-state index >= 15 is 0 Å². The molecule has 0 saturated carbocycles. The smallest absolute Gasteiger partial charge is 0.258 e. The Morgan fingerprint density at radius 1 is 0.875 bits per heavy atom. The van der Waals surface area contributed by atoms with Crippen molar-refractivity contribution < 1.29 is 14.3 Å². The summed E-state index contributed by atoms with van der Waals surface area (Å²) in [5, 5.41) is 3.62. The topological polar surface area (TPSA) is 50.8 Å². The molecule has 0 fully saturated rings. The minimum Gasteiger partial charge on any atom is -0.490 e. The van der Waals surface area contributed by atoms with Gasteiger partial charge in [0.05, 0.1) is 5.56 Å². The molecule has 1 heterocycles. The van der Waals surface area contributed by atoms with Gasteiger partial charge >= 0.3 is 0 Å². The zero-order chi connectivity index (χ0) is 22.6. The van der Waals surface area contributed by atoms with Crippen molar-refractivity contribution in [3.63, 3.8) is 0 Å². The van der Waals surface area contributed by atoms with Crippen LogP contribution in [0.3, 0.4) is 0 Å². The highest BCUT2D eigenvalue weighted by Crippen LogP contribution is 2.39. The van der Waals surface area contributed by atoms with Gasteiger partial charge in [0, 0.05) is 11.7 Å². The third-order valence-corrected chi connectivity index (χ3v) is 6.05.